The van der Waals surface area contributed by atoms with Crippen molar-refractivity contribution in [3.8, 4) is 0 Å². The maximum Gasteiger partial charge on any atom is 0.305 e. The molecule has 0 radical (unpaired) electrons. The maximum absolute atomic E-state index is 12.6. The van der Waals surface area contributed by atoms with Gasteiger partial charge in [0, 0.05) is 37.8 Å². The Bertz CT molecular complexity index is 1290. The Morgan fingerprint density at radius 3 is 2.31 bits per heavy atom. The van der Waals surface area contributed by atoms with Gasteiger partial charge in [-0.1, -0.05) is 35.3 Å². The van der Waals surface area contributed by atoms with Gasteiger partial charge in [0.05, 0.1) is 28.1 Å². The molecule has 2 aromatic carbocycles. The minimum absolute atomic E-state index is 0.0435. The zero-order chi connectivity index (χ0) is 26.2. The number of ether oxygens (including phenoxy) is 1. The third kappa shape index (κ3) is 6.60. The van der Waals surface area contributed by atoms with Crippen molar-refractivity contribution in [3.63, 3.8) is 0 Å². The summed E-state index contributed by atoms with van der Waals surface area (Å²) in [7, 11) is 0. The minimum atomic E-state index is -1.10. The first kappa shape index (κ1) is 27.1. The van der Waals surface area contributed by atoms with E-state index in [2.05, 4.69) is 20.9 Å². The smallest absolute Gasteiger partial charge is 0.305 e. The van der Waals surface area contributed by atoms with E-state index >= 15 is 0 Å². The standard InChI is InChI=1S/C24H24Cl2N4O6/c1-2-36-9-3-8-28-20-21(23(34)22(20)33)30-17(10-18(31)32)13-4-6-14(7-5-13)29-24(35)19-15(25)11-27-12-16(19)26/h4-7,11-12,17,28,30H,2-3,8-10H2,1H3,(H,29,35)(H,31,32). The van der Waals surface area contributed by atoms with Crippen LogP contribution in [0.4, 0.5) is 17.1 Å². The number of aliphatic carboxylic acids is 1. The van der Waals surface area contributed by atoms with E-state index < -0.39 is 28.8 Å². The van der Waals surface area contributed by atoms with Crippen LogP contribution < -0.4 is 26.8 Å². The normalized spacial score (nSPS) is 11.8. The molecule has 0 saturated heterocycles. The van der Waals surface area contributed by atoms with Crippen LogP contribution >= 0.6 is 23.2 Å². The van der Waals surface area contributed by atoms with Crippen LogP contribution in [0, 0.1) is 0 Å². The van der Waals surface area contributed by atoms with Crippen molar-refractivity contribution < 1.29 is 19.4 Å². The quantitative estimate of drug-likeness (QED) is 0.190. The lowest BCUT2D eigenvalue weighted by atomic mass is 10.0. The second-order valence-electron chi connectivity index (χ2n) is 7.73. The van der Waals surface area contributed by atoms with Crippen molar-refractivity contribution in [2.45, 2.75) is 25.8 Å². The third-order valence-corrected chi connectivity index (χ3v) is 5.80. The van der Waals surface area contributed by atoms with Crippen molar-refractivity contribution in [3.05, 3.63) is 78.3 Å². The molecule has 10 nitrogen and oxygen atoms in total. The maximum atomic E-state index is 12.6. The van der Waals surface area contributed by atoms with Crippen LogP contribution in [0.1, 0.15) is 41.7 Å². The first-order valence-corrected chi connectivity index (χ1v) is 11.8. The topological polar surface area (TPSA) is 147 Å². The third-order valence-electron chi connectivity index (χ3n) is 5.23. The predicted molar refractivity (Wildman–Crippen MR) is 138 cm³/mol. The molecule has 1 unspecified atom stereocenters. The molecule has 3 aromatic rings. The summed E-state index contributed by atoms with van der Waals surface area (Å²) >= 11 is 12.0. The van der Waals surface area contributed by atoms with E-state index in [-0.39, 0.29) is 33.4 Å². The lowest BCUT2D eigenvalue weighted by Crippen LogP contribution is -2.38. The Labute approximate surface area is 216 Å². The summed E-state index contributed by atoms with van der Waals surface area (Å²) in [5.74, 6) is -1.64. The van der Waals surface area contributed by atoms with E-state index in [1.165, 1.54) is 12.4 Å². The Kier molecular flexibility index (Phi) is 9.40. The second kappa shape index (κ2) is 12.5. The Morgan fingerprint density at radius 2 is 1.69 bits per heavy atom. The number of amides is 1. The minimum Gasteiger partial charge on any atom is -0.481 e. The Hall–Kier alpha value is -3.47. The number of anilines is 3. The molecule has 1 atom stereocenters. The summed E-state index contributed by atoms with van der Waals surface area (Å²) in [6.45, 7) is 3.38. The molecule has 0 bridgehead atoms. The highest BCUT2D eigenvalue weighted by Gasteiger charge is 2.25. The van der Waals surface area contributed by atoms with Crippen molar-refractivity contribution in [1.82, 2.24) is 4.98 Å². The predicted octanol–water partition coefficient (Wildman–Crippen LogP) is 3.70. The first-order valence-electron chi connectivity index (χ1n) is 11.1. The fourth-order valence-electron chi connectivity index (χ4n) is 3.45. The number of carboxylic acids is 1. The summed E-state index contributed by atoms with van der Waals surface area (Å²) in [5, 5.41) is 18.0. The molecule has 4 N–H and O–H groups in total. The van der Waals surface area contributed by atoms with Gasteiger partial charge in [0.2, 0.25) is 0 Å². The van der Waals surface area contributed by atoms with Crippen molar-refractivity contribution in [2.75, 3.05) is 35.7 Å². The summed E-state index contributed by atoms with van der Waals surface area (Å²) in [5.41, 5.74) is -0.187. The summed E-state index contributed by atoms with van der Waals surface area (Å²) < 4.78 is 5.25. The number of carboxylic acid groups (broad SMARTS) is 1. The van der Waals surface area contributed by atoms with Gasteiger partial charge >= 0.3 is 5.97 Å². The van der Waals surface area contributed by atoms with Crippen molar-refractivity contribution >= 4 is 52.1 Å². The van der Waals surface area contributed by atoms with E-state index in [0.717, 1.165) is 0 Å². The Balaban J connectivity index is 1.73. The van der Waals surface area contributed by atoms with Crippen LogP contribution in [0.3, 0.4) is 0 Å². The highest BCUT2D eigenvalue weighted by molar-refractivity contribution is 6.40. The number of rotatable bonds is 13. The molecule has 190 valence electrons. The summed E-state index contributed by atoms with van der Waals surface area (Å²) in [4.78, 5) is 52.1. The molecule has 0 spiro atoms. The lowest BCUT2D eigenvalue weighted by Gasteiger charge is -2.22. The van der Waals surface area contributed by atoms with E-state index in [4.69, 9.17) is 27.9 Å². The highest BCUT2D eigenvalue weighted by atomic mass is 35.5. The van der Waals surface area contributed by atoms with Gasteiger partial charge in [0.15, 0.2) is 0 Å². The average Bonchev–Trinajstić information content (AvgIpc) is 2.84. The first-order chi connectivity index (χ1) is 17.2. The largest absolute Gasteiger partial charge is 0.481 e. The van der Waals surface area contributed by atoms with Crippen LogP contribution in [0.5, 0.6) is 0 Å². The number of carbonyl (C=O) groups is 2. The van der Waals surface area contributed by atoms with Gasteiger partial charge < -0.3 is 25.8 Å². The zero-order valence-corrected chi connectivity index (χ0v) is 20.8. The van der Waals surface area contributed by atoms with Crippen LogP contribution in [-0.4, -0.2) is 41.7 Å². The monoisotopic (exact) mass is 534 g/mol. The molecule has 0 saturated carbocycles. The zero-order valence-electron chi connectivity index (χ0n) is 19.3. The van der Waals surface area contributed by atoms with E-state index in [9.17, 15) is 24.3 Å². The molecule has 1 aromatic heterocycles. The number of carbonyl (C=O) groups excluding carboxylic acids is 1. The van der Waals surface area contributed by atoms with Gasteiger partial charge in [-0.3, -0.25) is 24.2 Å². The molecular weight excluding hydrogens is 511 g/mol. The van der Waals surface area contributed by atoms with Crippen LogP contribution in [0.2, 0.25) is 10.0 Å². The molecule has 3 rings (SSSR count). The molecule has 0 aliphatic carbocycles. The molecule has 36 heavy (non-hydrogen) atoms. The number of nitrogens with zero attached hydrogens (tertiary/aromatic N) is 1. The average molecular weight is 535 g/mol. The molecule has 0 aliphatic heterocycles. The van der Waals surface area contributed by atoms with Crippen molar-refractivity contribution in [1.29, 1.82) is 0 Å². The summed E-state index contributed by atoms with van der Waals surface area (Å²) in [6.07, 6.45) is 2.89. The fraction of sp³-hybridized carbons (Fsp3) is 0.292. The number of nitrogens with one attached hydrogen (secondary N) is 3. The van der Waals surface area contributed by atoms with Crippen LogP contribution in [-0.2, 0) is 9.53 Å². The molecular formula is C24H24Cl2N4O6. The molecule has 0 fully saturated rings. The fourth-order valence-corrected chi connectivity index (χ4v) is 3.99. The number of aromatic nitrogens is 1. The van der Waals surface area contributed by atoms with Gasteiger partial charge in [0.1, 0.15) is 11.4 Å². The Morgan fingerprint density at radius 1 is 1.06 bits per heavy atom. The number of hydrogen-bond acceptors (Lipinski definition) is 8. The van der Waals surface area contributed by atoms with Gasteiger partial charge in [0.25, 0.3) is 16.8 Å². The molecule has 0 aliphatic rings. The summed E-state index contributed by atoms with van der Waals surface area (Å²) in [6, 6.07) is 5.55. The van der Waals surface area contributed by atoms with Crippen LogP contribution in [0.15, 0.2) is 46.2 Å². The number of pyridine rings is 1. The second-order valence-corrected chi connectivity index (χ2v) is 8.55. The lowest BCUT2D eigenvalue weighted by molar-refractivity contribution is -0.137. The molecule has 1 heterocycles. The van der Waals surface area contributed by atoms with Gasteiger partial charge in [-0.05, 0) is 31.0 Å². The number of halogens is 2. The van der Waals surface area contributed by atoms with Crippen LogP contribution in [0.25, 0.3) is 0 Å². The SMILES string of the molecule is CCOCCCNc1c(NC(CC(=O)O)c2ccc(NC(=O)c3c(Cl)cncc3Cl)cc2)c(=O)c1=O. The molecule has 12 heteroatoms. The van der Waals surface area contributed by atoms with Crippen molar-refractivity contribution in [2.24, 2.45) is 0 Å². The molecule has 1 amide bonds. The van der Waals surface area contributed by atoms with Gasteiger partial charge in [-0.2, -0.15) is 0 Å². The van der Waals surface area contributed by atoms with E-state index in [1.807, 2.05) is 6.92 Å². The van der Waals surface area contributed by atoms with Gasteiger partial charge in [-0.15, -0.1) is 0 Å². The number of benzene rings is 1. The number of hydrogen-bond donors (Lipinski definition) is 4. The highest BCUT2D eigenvalue weighted by Crippen LogP contribution is 2.28. The van der Waals surface area contributed by atoms with E-state index in [1.54, 1.807) is 24.3 Å². The van der Waals surface area contributed by atoms with E-state index in [0.29, 0.717) is 37.4 Å². The van der Waals surface area contributed by atoms with Gasteiger partial charge in [-0.25, -0.2) is 0 Å².